The largest absolute Gasteiger partial charge is 0.456 e. The van der Waals surface area contributed by atoms with Gasteiger partial charge in [-0.1, -0.05) is 96.7 Å². The van der Waals surface area contributed by atoms with Crippen molar-refractivity contribution in [2.75, 3.05) is 0 Å². The van der Waals surface area contributed by atoms with Crippen LogP contribution < -0.4 is 9.05 Å². The SMILES string of the molecule is O=P(/C=C(\Sc1ccccc1)c1ccccc1)(Oc1ccccc1)Oc1ccccc1. The lowest BCUT2D eigenvalue weighted by atomic mass is 10.2. The van der Waals surface area contributed by atoms with E-state index >= 15 is 0 Å². The van der Waals surface area contributed by atoms with E-state index in [9.17, 15) is 4.57 Å². The Morgan fingerprint density at radius 3 is 1.52 bits per heavy atom. The van der Waals surface area contributed by atoms with Gasteiger partial charge in [-0.15, -0.1) is 0 Å². The fraction of sp³-hybridized carbons (Fsp3) is 0. The molecule has 4 aromatic carbocycles. The van der Waals surface area contributed by atoms with E-state index in [-0.39, 0.29) is 0 Å². The van der Waals surface area contributed by atoms with Gasteiger partial charge in [-0.2, -0.15) is 0 Å². The molecule has 0 saturated carbocycles. The Balaban J connectivity index is 1.76. The average Bonchev–Trinajstić information content (AvgIpc) is 2.81. The highest BCUT2D eigenvalue weighted by Gasteiger charge is 2.27. The summed E-state index contributed by atoms with van der Waals surface area (Å²) >= 11 is 1.52. The van der Waals surface area contributed by atoms with E-state index in [1.807, 2.05) is 97.1 Å². The molecule has 0 spiro atoms. The van der Waals surface area contributed by atoms with Gasteiger partial charge >= 0.3 is 7.60 Å². The van der Waals surface area contributed by atoms with Crippen LogP contribution in [0.3, 0.4) is 0 Å². The van der Waals surface area contributed by atoms with Crippen molar-refractivity contribution < 1.29 is 13.6 Å². The Morgan fingerprint density at radius 2 is 1.03 bits per heavy atom. The molecule has 0 unspecified atom stereocenters. The van der Waals surface area contributed by atoms with Crippen LogP contribution in [-0.2, 0) is 4.57 Å². The van der Waals surface area contributed by atoms with Crippen molar-refractivity contribution in [3.05, 3.63) is 133 Å². The van der Waals surface area contributed by atoms with Gasteiger partial charge in [-0.3, -0.25) is 0 Å². The standard InChI is InChI=1S/C26H21O3PS/c27-30(28-23-15-7-2-8-16-23,29-24-17-9-3-10-18-24)21-26(22-13-5-1-6-14-22)31-25-19-11-4-12-20-25/h1-21H/b26-21-. The first-order valence-corrected chi connectivity index (χ1v) is 12.2. The van der Waals surface area contributed by atoms with Crippen molar-refractivity contribution in [2.24, 2.45) is 0 Å². The van der Waals surface area contributed by atoms with E-state index in [0.29, 0.717) is 11.5 Å². The van der Waals surface area contributed by atoms with Crippen LogP contribution >= 0.6 is 19.4 Å². The molecule has 0 amide bonds. The van der Waals surface area contributed by atoms with Crippen LogP contribution in [0.1, 0.15) is 5.56 Å². The molecule has 154 valence electrons. The molecule has 3 nitrogen and oxygen atoms in total. The molecule has 0 radical (unpaired) electrons. The first-order valence-electron chi connectivity index (χ1n) is 9.80. The fourth-order valence-corrected chi connectivity index (χ4v) is 5.66. The highest BCUT2D eigenvalue weighted by atomic mass is 32.2. The molecule has 0 atom stereocenters. The average molecular weight is 444 g/mol. The van der Waals surface area contributed by atoms with E-state index in [2.05, 4.69) is 0 Å². The third-order valence-electron chi connectivity index (χ3n) is 4.26. The second kappa shape index (κ2) is 10.2. The highest BCUT2D eigenvalue weighted by molar-refractivity contribution is 8.08. The Morgan fingerprint density at radius 1 is 0.613 bits per heavy atom. The molecule has 0 heterocycles. The molecule has 5 heteroatoms. The summed E-state index contributed by atoms with van der Waals surface area (Å²) in [5.74, 6) is 2.57. The zero-order valence-corrected chi connectivity index (χ0v) is 18.4. The molecule has 0 fully saturated rings. The molecule has 31 heavy (non-hydrogen) atoms. The third-order valence-corrected chi connectivity index (χ3v) is 7.02. The van der Waals surface area contributed by atoms with Crippen LogP contribution in [0.25, 0.3) is 4.91 Å². The van der Waals surface area contributed by atoms with Gasteiger partial charge in [0.05, 0.1) is 5.82 Å². The predicted molar refractivity (Wildman–Crippen MR) is 128 cm³/mol. The van der Waals surface area contributed by atoms with E-state index in [4.69, 9.17) is 9.05 Å². The normalized spacial score (nSPS) is 11.7. The van der Waals surface area contributed by atoms with Gasteiger partial charge in [0.25, 0.3) is 0 Å². The zero-order chi connectivity index (χ0) is 21.4. The van der Waals surface area contributed by atoms with Crippen molar-refractivity contribution in [3.8, 4) is 11.5 Å². The molecular formula is C26H21O3PS. The molecular weight excluding hydrogens is 423 g/mol. The quantitative estimate of drug-likeness (QED) is 0.203. The number of thioether (sulfide) groups is 1. The smallest absolute Gasteiger partial charge is 0.413 e. The van der Waals surface area contributed by atoms with Gasteiger partial charge in [-0.05, 0) is 42.0 Å². The first-order chi connectivity index (χ1) is 15.2. The Hall–Kier alpha value is -3.20. The van der Waals surface area contributed by atoms with E-state index in [1.54, 1.807) is 30.1 Å². The van der Waals surface area contributed by atoms with Gasteiger partial charge in [0.15, 0.2) is 0 Å². The van der Waals surface area contributed by atoms with Gasteiger partial charge in [0, 0.05) is 9.80 Å². The Labute approximate surface area is 186 Å². The lowest BCUT2D eigenvalue weighted by Crippen LogP contribution is -1.99. The predicted octanol–water partition coefficient (Wildman–Crippen LogP) is 8.13. The molecule has 0 aliphatic rings. The molecule has 0 aliphatic carbocycles. The van der Waals surface area contributed by atoms with E-state index in [0.717, 1.165) is 15.4 Å². The minimum atomic E-state index is -3.70. The molecule has 0 aromatic heterocycles. The van der Waals surface area contributed by atoms with Crippen LogP contribution in [0.2, 0.25) is 0 Å². The van der Waals surface area contributed by atoms with Crippen LogP contribution in [-0.4, -0.2) is 0 Å². The summed E-state index contributed by atoms with van der Waals surface area (Å²) in [5, 5.41) is 0. The number of rotatable bonds is 8. The molecule has 0 saturated heterocycles. The lowest BCUT2D eigenvalue weighted by Gasteiger charge is -2.19. The van der Waals surface area contributed by atoms with Crippen molar-refractivity contribution in [1.82, 2.24) is 0 Å². The maximum atomic E-state index is 14.0. The second-order valence-electron chi connectivity index (χ2n) is 6.62. The van der Waals surface area contributed by atoms with Crippen LogP contribution in [0.4, 0.5) is 0 Å². The monoisotopic (exact) mass is 444 g/mol. The van der Waals surface area contributed by atoms with Gasteiger partial charge in [0.2, 0.25) is 0 Å². The highest BCUT2D eigenvalue weighted by Crippen LogP contribution is 2.53. The number of hydrogen-bond acceptors (Lipinski definition) is 4. The van der Waals surface area contributed by atoms with Gasteiger partial charge < -0.3 is 9.05 Å². The maximum absolute atomic E-state index is 14.0. The minimum Gasteiger partial charge on any atom is -0.413 e. The van der Waals surface area contributed by atoms with E-state index in [1.165, 1.54) is 11.8 Å². The number of hydrogen-bond donors (Lipinski definition) is 0. The first kappa shape index (κ1) is 21.0. The summed E-state index contributed by atoms with van der Waals surface area (Å²) < 4.78 is 25.9. The van der Waals surface area contributed by atoms with Gasteiger partial charge in [0.1, 0.15) is 11.5 Å². The molecule has 4 rings (SSSR count). The van der Waals surface area contributed by atoms with Crippen LogP contribution in [0.5, 0.6) is 11.5 Å². The van der Waals surface area contributed by atoms with Crippen molar-refractivity contribution >= 4 is 24.3 Å². The Bertz CT molecular complexity index is 1120. The minimum absolute atomic E-state index is 0.482. The van der Waals surface area contributed by atoms with E-state index < -0.39 is 7.60 Å². The number of para-hydroxylation sites is 2. The molecule has 0 N–H and O–H groups in total. The third kappa shape index (κ3) is 6.14. The summed E-state index contributed by atoms with van der Waals surface area (Å²) in [7, 11) is -3.70. The lowest BCUT2D eigenvalue weighted by molar-refractivity contribution is 0.398. The summed E-state index contributed by atoms with van der Waals surface area (Å²) in [4.78, 5) is 1.82. The fourth-order valence-electron chi connectivity index (χ4n) is 2.85. The van der Waals surface area contributed by atoms with Crippen molar-refractivity contribution in [2.45, 2.75) is 4.90 Å². The second-order valence-corrected chi connectivity index (χ2v) is 9.44. The summed E-state index contributed by atoms with van der Waals surface area (Å²) in [5.41, 5.74) is 0.935. The van der Waals surface area contributed by atoms with Crippen LogP contribution in [0, 0.1) is 0 Å². The zero-order valence-electron chi connectivity index (χ0n) is 16.7. The molecule has 4 aromatic rings. The number of benzene rings is 4. The molecule has 0 bridgehead atoms. The van der Waals surface area contributed by atoms with Gasteiger partial charge in [-0.25, -0.2) is 4.57 Å². The molecule has 0 aliphatic heterocycles. The maximum Gasteiger partial charge on any atom is 0.456 e. The summed E-state index contributed by atoms with van der Waals surface area (Å²) in [6.07, 6.45) is 0. The summed E-state index contributed by atoms with van der Waals surface area (Å²) in [6, 6.07) is 38.0. The van der Waals surface area contributed by atoms with Crippen molar-refractivity contribution in [1.29, 1.82) is 0 Å². The van der Waals surface area contributed by atoms with Crippen molar-refractivity contribution in [3.63, 3.8) is 0 Å². The van der Waals surface area contributed by atoms with Crippen LogP contribution in [0.15, 0.2) is 132 Å². The Kier molecular flexibility index (Phi) is 6.93. The summed E-state index contributed by atoms with van der Waals surface area (Å²) in [6.45, 7) is 0. The topological polar surface area (TPSA) is 35.5 Å².